The van der Waals surface area contributed by atoms with Crippen molar-refractivity contribution in [2.75, 3.05) is 47.6 Å². The third-order valence-electron chi connectivity index (χ3n) is 4.40. The van der Waals surface area contributed by atoms with E-state index in [1.807, 2.05) is 0 Å². The number of unbranched alkanes of at least 4 members (excludes halogenated alkanes) is 3. The molecular weight excluding hydrogens is 334 g/mol. The van der Waals surface area contributed by atoms with Gasteiger partial charge in [0.05, 0.1) is 33.5 Å². The van der Waals surface area contributed by atoms with Crippen molar-refractivity contribution in [3.8, 4) is 17.2 Å². The minimum absolute atomic E-state index is 0.382. The molecule has 0 saturated carbocycles. The van der Waals surface area contributed by atoms with Gasteiger partial charge in [-0.25, -0.2) is 4.79 Å². The zero-order chi connectivity index (χ0) is 19.4. The van der Waals surface area contributed by atoms with E-state index in [0.717, 1.165) is 38.9 Å². The topological polar surface area (TPSA) is 57.2 Å². The van der Waals surface area contributed by atoms with Crippen LogP contribution in [-0.2, 0) is 4.74 Å². The van der Waals surface area contributed by atoms with Crippen LogP contribution in [0.5, 0.6) is 17.2 Å². The van der Waals surface area contributed by atoms with Crippen molar-refractivity contribution in [2.45, 2.75) is 39.5 Å². The van der Waals surface area contributed by atoms with E-state index in [4.69, 9.17) is 18.9 Å². The van der Waals surface area contributed by atoms with Gasteiger partial charge in [-0.05, 0) is 44.6 Å². The molecule has 0 heterocycles. The summed E-state index contributed by atoms with van der Waals surface area (Å²) in [5.74, 6) is 0.956. The zero-order valence-electron chi connectivity index (χ0n) is 16.8. The fourth-order valence-electron chi connectivity index (χ4n) is 2.78. The fraction of sp³-hybridized carbons (Fsp3) is 0.650. The first-order valence-electron chi connectivity index (χ1n) is 9.30. The highest BCUT2D eigenvalue weighted by molar-refractivity contribution is 5.91. The van der Waals surface area contributed by atoms with Crippen LogP contribution in [0.3, 0.4) is 0 Å². The van der Waals surface area contributed by atoms with Gasteiger partial charge in [-0.3, -0.25) is 0 Å². The summed E-state index contributed by atoms with van der Waals surface area (Å²) in [6.45, 7) is 8.13. The van der Waals surface area contributed by atoms with E-state index in [9.17, 15) is 4.79 Å². The van der Waals surface area contributed by atoms with Gasteiger partial charge in [-0.15, -0.1) is 0 Å². The molecule has 1 aromatic carbocycles. The Labute approximate surface area is 157 Å². The fourth-order valence-corrected chi connectivity index (χ4v) is 2.78. The van der Waals surface area contributed by atoms with Crippen LogP contribution in [0.4, 0.5) is 0 Å². The second-order valence-corrected chi connectivity index (χ2v) is 5.99. The number of hydrogen-bond donors (Lipinski definition) is 0. The largest absolute Gasteiger partial charge is 0.493 e. The molecule has 0 saturated heterocycles. The van der Waals surface area contributed by atoms with E-state index in [1.165, 1.54) is 27.8 Å². The lowest BCUT2D eigenvalue weighted by Gasteiger charge is -2.17. The highest BCUT2D eigenvalue weighted by Gasteiger charge is 2.17. The molecule has 0 N–H and O–H groups in total. The third kappa shape index (κ3) is 6.75. The van der Waals surface area contributed by atoms with Gasteiger partial charge in [0.15, 0.2) is 11.5 Å². The minimum atomic E-state index is -0.382. The van der Waals surface area contributed by atoms with Gasteiger partial charge in [0.25, 0.3) is 0 Å². The summed E-state index contributed by atoms with van der Waals surface area (Å²) in [4.78, 5) is 14.7. The minimum Gasteiger partial charge on any atom is -0.493 e. The second kappa shape index (κ2) is 12.4. The monoisotopic (exact) mass is 367 g/mol. The molecule has 0 atom stereocenters. The molecule has 0 spiro atoms. The van der Waals surface area contributed by atoms with Crippen molar-refractivity contribution >= 4 is 5.97 Å². The molecule has 26 heavy (non-hydrogen) atoms. The quantitative estimate of drug-likeness (QED) is 0.391. The lowest BCUT2D eigenvalue weighted by Crippen LogP contribution is -2.23. The predicted octanol–water partition coefficient (Wildman–Crippen LogP) is 3.77. The van der Waals surface area contributed by atoms with Crippen molar-refractivity contribution in [1.82, 2.24) is 4.90 Å². The van der Waals surface area contributed by atoms with Gasteiger partial charge in [0.2, 0.25) is 5.75 Å². The average molecular weight is 367 g/mol. The van der Waals surface area contributed by atoms with E-state index in [2.05, 4.69) is 18.7 Å². The Kier molecular flexibility index (Phi) is 10.5. The molecule has 0 aliphatic rings. The Morgan fingerprint density at radius 1 is 0.885 bits per heavy atom. The summed E-state index contributed by atoms with van der Waals surface area (Å²) in [5, 5.41) is 0. The Bertz CT molecular complexity index is 518. The lowest BCUT2D eigenvalue weighted by molar-refractivity contribution is 0.0496. The normalized spacial score (nSPS) is 10.7. The number of carbonyl (C=O) groups excluding carboxylic acids is 1. The molecule has 148 valence electrons. The predicted molar refractivity (Wildman–Crippen MR) is 103 cm³/mol. The van der Waals surface area contributed by atoms with Crippen molar-refractivity contribution in [3.05, 3.63) is 17.7 Å². The molecule has 6 heteroatoms. The molecule has 0 fully saturated rings. The standard InChI is InChI=1S/C20H33NO5/c1-6-21(7-2)12-10-8-9-11-13-26-20(22)16-14-17(23-3)19(25-5)18(15-16)24-4/h14-15H,6-13H2,1-5H3. The molecule has 0 aliphatic heterocycles. The lowest BCUT2D eigenvalue weighted by atomic mass is 10.1. The summed E-state index contributed by atoms with van der Waals surface area (Å²) in [7, 11) is 4.56. The number of methoxy groups -OCH3 is 3. The van der Waals surface area contributed by atoms with Crippen LogP contribution < -0.4 is 14.2 Å². The van der Waals surface area contributed by atoms with Gasteiger partial charge >= 0.3 is 5.97 Å². The molecule has 0 aromatic heterocycles. The van der Waals surface area contributed by atoms with Crippen LogP contribution in [0, 0.1) is 0 Å². The first kappa shape index (κ1) is 22.1. The van der Waals surface area contributed by atoms with Gasteiger partial charge in [0.1, 0.15) is 0 Å². The first-order valence-corrected chi connectivity index (χ1v) is 9.30. The van der Waals surface area contributed by atoms with Crippen molar-refractivity contribution in [1.29, 1.82) is 0 Å². The number of benzene rings is 1. The Hall–Kier alpha value is -1.95. The van der Waals surface area contributed by atoms with E-state index >= 15 is 0 Å². The van der Waals surface area contributed by atoms with Gasteiger partial charge in [-0.1, -0.05) is 26.7 Å². The van der Waals surface area contributed by atoms with Crippen LogP contribution >= 0.6 is 0 Å². The third-order valence-corrected chi connectivity index (χ3v) is 4.40. The molecule has 0 unspecified atom stereocenters. The molecule has 1 rings (SSSR count). The van der Waals surface area contributed by atoms with E-state index < -0.39 is 0 Å². The highest BCUT2D eigenvalue weighted by Crippen LogP contribution is 2.38. The molecular formula is C20H33NO5. The summed E-state index contributed by atoms with van der Waals surface area (Å²) in [5.41, 5.74) is 0.390. The number of rotatable bonds is 13. The average Bonchev–Trinajstić information content (AvgIpc) is 2.68. The maximum atomic E-state index is 12.3. The number of ether oxygens (including phenoxy) is 4. The van der Waals surface area contributed by atoms with Crippen LogP contribution in [0.2, 0.25) is 0 Å². The maximum Gasteiger partial charge on any atom is 0.338 e. The first-order chi connectivity index (χ1) is 12.6. The van der Waals surface area contributed by atoms with E-state index in [0.29, 0.717) is 29.4 Å². The highest BCUT2D eigenvalue weighted by atomic mass is 16.5. The number of esters is 1. The zero-order valence-corrected chi connectivity index (χ0v) is 16.8. The van der Waals surface area contributed by atoms with Gasteiger partial charge in [-0.2, -0.15) is 0 Å². The van der Waals surface area contributed by atoms with Crippen LogP contribution in [0.15, 0.2) is 12.1 Å². The van der Waals surface area contributed by atoms with Crippen LogP contribution in [0.25, 0.3) is 0 Å². The molecule has 0 bridgehead atoms. The molecule has 6 nitrogen and oxygen atoms in total. The summed E-state index contributed by atoms with van der Waals surface area (Å²) in [6.07, 6.45) is 4.26. The molecule has 1 aromatic rings. The number of carbonyl (C=O) groups is 1. The number of hydrogen-bond acceptors (Lipinski definition) is 6. The number of nitrogens with zero attached hydrogens (tertiary/aromatic N) is 1. The van der Waals surface area contributed by atoms with Crippen LogP contribution in [-0.4, -0.2) is 58.4 Å². The van der Waals surface area contributed by atoms with Crippen molar-refractivity contribution in [2.24, 2.45) is 0 Å². The Morgan fingerprint density at radius 3 is 1.96 bits per heavy atom. The smallest absolute Gasteiger partial charge is 0.338 e. The van der Waals surface area contributed by atoms with E-state index in [1.54, 1.807) is 12.1 Å². The van der Waals surface area contributed by atoms with Crippen LogP contribution in [0.1, 0.15) is 49.9 Å². The van der Waals surface area contributed by atoms with Crippen molar-refractivity contribution < 1.29 is 23.7 Å². The van der Waals surface area contributed by atoms with Gasteiger partial charge < -0.3 is 23.8 Å². The molecule has 0 amide bonds. The molecule has 0 radical (unpaired) electrons. The van der Waals surface area contributed by atoms with Gasteiger partial charge in [0, 0.05) is 0 Å². The summed E-state index contributed by atoms with van der Waals surface area (Å²) >= 11 is 0. The Morgan fingerprint density at radius 2 is 1.46 bits per heavy atom. The maximum absolute atomic E-state index is 12.3. The Balaban J connectivity index is 2.42. The summed E-state index contributed by atoms with van der Waals surface area (Å²) < 4.78 is 21.1. The van der Waals surface area contributed by atoms with Crippen molar-refractivity contribution in [3.63, 3.8) is 0 Å². The molecule has 0 aliphatic carbocycles. The van der Waals surface area contributed by atoms with E-state index in [-0.39, 0.29) is 5.97 Å². The summed E-state index contributed by atoms with van der Waals surface area (Å²) in [6, 6.07) is 3.21. The second-order valence-electron chi connectivity index (χ2n) is 5.99. The SMILES string of the molecule is CCN(CC)CCCCCCOC(=O)c1cc(OC)c(OC)c(OC)c1.